The van der Waals surface area contributed by atoms with E-state index >= 15 is 0 Å². The third-order valence-electron chi connectivity index (χ3n) is 4.50. The first-order chi connectivity index (χ1) is 12.2. The summed E-state index contributed by atoms with van der Waals surface area (Å²) >= 11 is 0. The number of carbonyl (C=O) groups excluding carboxylic acids is 1. The van der Waals surface area contributed by atoms with Gasteiger partial charge < -0.3 is 15.5 Å². The Balaban J connectivity index is 1.54. The van der Waals surface area contributed by atoms with Crippen LogP contribution in [0.2, 0.25) is 0 Å². The molecule has 2 atom stereocenters. The summed E-state index contributed by atoms with van der Waals surface area (Å²) in [5.74, 6) is 1.24. The molecule has 1 aromatic heterocycles. The lowest BCUT2D eigenvalue weighted by Gasteiger charge is -2.17. The quantitative estimate of drug-likeness (QED) is 0.814. The van der Waals surface area contributed by atoms with Gasteiger partial charge in [0, 0.05) is 25.0 Å². The Morgan fingerprint density at radius 1 is 1.40 bits per heavy atom. The first kappa shape index (κ1) is 17.2. The van der Waals surface area contributed by atoms with Gasteiger partial charge in [-0.3, -0.25) is 4.79 Å². The second kappa shape index (κ2) is 7.94. The molecule has 1 aromatic carbocycles. The molecule has 0 radical (unpaired) electrons. The highest BCUT2D eigenvalue weighted by Crippen LogP contribution is 2.29. The van der Waals surface area contributed by atoms with E-state index in [-0.39, 0.29) is 5.78 Å². The highest BCUT2D eigenvalue weighted by molar-refractivity contribution is 5.86. The van der Waals surface area contributed by atoms with E-state index in [4.69, 9.17) is 10.5 Å². The third kappa shape index (κ3) is 4.45. The Kier molecular flexibility index (Phi) is 5.46. The minimum Gasteiger partial charge on any atom is -0.497 e. The fraction of sp³-hybridized carbons (Fsp3) is 0.300. The van der Waals surface area contributed by atoms with E-state index in [9.17, 15) is 4.79 Å². The van der Waals surface area contributed by atoms with Gasteiger partial charge in [-0.1, -0.05) is 30.4 Å². The number of imidazole rings is 1. The molecule has 1 heterocycles. The van der Waals surface area contributed by atoms with E-state index in [0.717, 1.165) is 23.4 Å². The first-order valence-corrected chi connectivity index (χ1v) is 8.43. The number of nitrogens with zero attached hydrogens (tertiary/aromatic N) is 1. The van der Waals surface area contributed by atoms with Crippen LogP contribution in [0.3, 0.4) is 0 Å². The number of nitrogens with two attached hydrogens (primary N) is 1. The molecule has 1 aliphatic carbocycles. The lowest BCUT2D eigenvalue weighted by molar-refractivity contribution is -0.119. The summed E-state index contributed by atoms with van der Waals surface area (Å²) in [6.07, 6.45) is 11.4. The number of benzene rings is 1. The Morgan fingerprint density at radius 2 is 2.20 bits per heavy atom. The molecule has 1 aliphatic rings. The minimum absolute atomic E-state index is 0.0433. The topological polar surface area (TPSA) is 81.0 Å². The maximum Gasteiger partial charge on any atom is 0.154 e. The number of aromatic amines is 1. The molecule has 5 heteroatoms. The fourth-order valence-corrected chi connectivity index (χ4v) is 2.97. The number of hydrogen-bond donors (Lipinski definition) is 2. The predicted octanol–water partition coefficient (Wildman–Crippen LogP) is 2.92. The molecule has 0 spiro atoms. The van der Waals surface area contributed by atoms with Crippen LogP contribution in [0, 0.1) is 0 Å². The lowest BCUT2D eigenvalue weighted by atomic mass is 9.88. The number of ether oxygens (including phenoxy) is 1. The summed E-state index contributed by atoms with van der Waals surface area (Å²) in [5.41, 5.74) is 9.10. The predicted molar refractivity (Wildman–Crippen MR) is 97.5 cm³/mol. The van der Waals surface area contributed by atoms with E-state index in [1.165, 1.54) is 5.56 Å². The Hall–Kier alpha value is -2.66. The van der Waals surface area contributed by atoms with Gasteiger partial charge in [0.05, 0.1) is 25.2 Å². The summed E-state index contributed by atoms with van der Waals surface area (Å²) in [6, 6.07) is 7.59. The number of nitrogens with one attached hydrogen (secondary N) is 1. The average Bonchev–Trinajstić information content (AvgIpc) is 3.15. The van der Waals surface area contributed by atoms with Gasteiger partial charge in [-0.15, -0.1) is 0 Å². The van der Waals surface area contributed by atoms with Gasteiger partial charge in [0.1, 0.15) is 5.75 Å². The molecular formula is C20H23N3O2. The third-order valence-corrected chi connectivity index (χ3v) is 4.50. The fourth-order valence-electron chi connectivity index (χ4n) is 2.97. The van der Waals surface area contributed by atoms with Crippen molar-refractivity contribution in [3.63, 3.8) is 0 Å². The molecule has 3 N–H and O–H groups in total. The van der Waals surface area contributed by atoms with Gasteiger partial charge in [-0.25, -0.2) is 4.98 Å². The summed E-state index contributed by atoms with van der Waals surface area (Å²) in [5, 5.41) is 0. The van der Waals surface area contributed by atoms with Crippen molar-refractivity contribution in [2.45, 2.75) is 31.2 Å². The van der Waals surface area contributed by atoms with Gasteiger partial charge in [0.25, 0.3) is 0 Å². The van der Waals surface area contributed by atoms with Gasteiger partial charge in [0.15, 0.2) is 5.78 Å². The second-order valence-corrected chi connectivity index (χ2v) is 6.27. The van der Waals surface area contributed by atoms with E-state index in [0.29, 0.717) is 18.8 Å². The van der Waals surface area contributed by atoms with Crippen LogP contribution in [0.25, 0.3) is 0 Å². The van der Waals surface area contributed by atoms with Crippen molar-refractivity contribution in [3.05, 3.63) is 71.8 Å². The smallest absolute Gasteiger partial charge is 0.154 e. The molecule has 2 aromatic rings. The molecular weight excluding hydrogens is 314 g/mol. The molecule has 130 valence electrons. The zero-order valence-electron chi connectivity index (χ0n) is 14.3. The van der Waals surface area contributed by atoms with Crippen molar-refractivity contribution in [1.29, 1.82) is 0 Å². The van der Waals surface area contributed by atoms with Gasteiger partial charge in [-0.2, -0.15) is 0 Å². The lowest BCUT2D eigenvalue weighted by Crippen LogP contribution is -2.33. The van der Waals surface area contributed by atoms with Crippen LogP contribution in [0.15, 0.2) is 60.6 Å². The van der Waals surface area contributed by atoms with Crippen molar-refractivity contribution in [2.24, 2.45) is 5.73 Å². The SMILES string of the molecule is COc1ccc(C2C=CC(CC(=O)[C@@H](N)Cc3c[nH]cn3)=CC2)cc1. The number of H-pyrrole nitrogens is 1. The molecule has 0 saturated heterocycles. The van der Waals surface area contributed by atoms with Crippen LogP contribution in [0.4, 0.5) is 0 Å². The largest absolute Gasteiger partial charge is 0.497 e. The summed E-state index contributed by atoms with van der Waals surface area (Å²) < 4.78 is 5.19. The van der Waals surface area contributed by atoms with Crippen LogP contribution >= 0.6 is 0 Å². The zero-order chi connectivity index (χ0) is 17.6. The minimum atomic E-state index is -0.517. The number of ketones is 1. The highest BCUT2D eigenvalue weighted by atomic mass is 16.5. The number of allylic oxidation sites excluding steroid dienone is 4. The maximum atomic E-state index is 12.3. The number of methoxy groups -OCH3 is 1. The second-order valence-electron chi connectivity index (χ2n) is 6.27. The number of Topliss-reactive ketones (excluding diaryl/α,β-unsaturated/α-hetero) is 1. The Morgan fingerprint density at radius 3 is 2.80 bits per heavy atom. The standard InChI is InChI=1S/C20H23N3O2/c1-25-18-8-6-16(7-9-18)15-4-2-14(3-5-15)10-20(24)19(21)11-17-12-22-13-23-17/h2-4,6-9,12-13,15,19H,5,10-11,21H2,1H3,(H,22,23)/t15?,19-/m0/s1. The van der Waals surface area contributed by atoms with Crippen LogP contribution < -0.4 is 10.5 Å². The van der Waals surface area contributed by atoms with Crippen molar-refractivity contribution in [3.8, 4) is 5.75 Å². The maximum absolute atomic E-state index is 12.3. The van der Waals surface area contributed by atoms with E-state index in [2.05, 4.69) is 34.3 Å². The Bertz CT molecular complexity index is 761. The molecule has 3 rings (SSSR count). The van der Waals surface area contributed by atoms with Gasteiger partial charge >= 0.3 is 0 Å². The molecule has 0 amide bonds. The average molecular weight is 337 g/mol. The van der Waals surface area contributed by atoms with E-state index in [1.54, 1.807) is 19.6 Å². The van der Waals surface area contributed by atoms with E-state index < -0.39 is 6.04 Å². The molecule has 25 heavy (non-hydrogen) atoms. The molecule has 0 bridgehead atoms. The molecule has 5 nitrogen and oxygen atoms in total. The molecule has 0 aliphatic heterocycles. The number of rotatable bonds is 7. The van der Waals surface area contributed by atoms with Gasteiger partial charge in [-0.05, 0) is 29.7 Å². The van der Waals surface area contributed by atoms with E-state index in [1.807, 2.05) is 18.2 Å². The van der Waals surface area contributed by atoms with Gasteiger partial charge in [0.2, 0.25) is 0 Å². The van der Waals surface area contributed by atoms with Crippen molar-refractivity contribution in [1.82, 2.24) is 9.97 Å². The van der Waals surface area contributed by atoms with Crippen molar-refractivity contribution >= 4 is 5.78 Å². The normalized spacial score (nSPS) is 17.8. The van der Waals surface area contributed by atoms with Crippen LogP contribution in [-0.4, -0.2) is 28.9 Å². The first-order valence-electron chi connectivity index (χ1n) is 8.43. The van der Waals surface area contributed by atoms with Crippen LogP contribution in [0.5, 0.6) is 5.75 Å². The molecule has 0 saturated carbocycles. The number of aromatic nitrogens is 2. The number of hydrogen-bond acceptors (Lipinski definition) is 4. The summed E-state index contributed by atoms with van der Waals surface area (Å²) in [7, 11) is 1.67. The monoisotopic (exact) mass is 337 g/mol. The summed E-state index contributed by atoms with van der Waals surface area (Å²) in [4.78, 5) is 19.3. The zero-order valence-corrected chi connectivity index (χ0v) is 14.3. The Labute approximate surface area is 147 Å². The van der Waals surface area contributed by atoms with Crippen molar-refractivity contribution in [2.75, 3.05) is 7.11 Å². The highest BCUT2D eigenvalue weighted by Gasteiger charge is 2.18. The van der Waals surface area contributed by atoms with Crippen molar-refractivity contribution < 1.29 is 9.53 Å². The summed E-state index contributed by atoms with van der Waals surface area (Å²) in [6.45, 7) is 0. The van der Waals surface area contributed by atoms with Crippen LogP contribution in [0.1, 0.15) is 30.0 Å². The van der Waals surface area contributed by atoms with Crippen LogP contribution in [-0.2, 0) is 11.2 Å². The number of carbonyl (C=O) groups is 1. The molecule has 1 unspecified atom stereocenters. The molecule has 0 fully saturated rings.